The number of benzene rings is 1. The molecule has 0 atom stereocenters. The fourth-order valence-electron chi connectivity index (χ4n) is 2.14. The van der Waals surface area contributed by atoms with Gasteiger partial charge in [-0.15, -0.1) is 11.3 Å². The second kappa shape index (κ2) is 6.66. The molecule has 0 saturated carbocycles. The topological polar surface area (TPSA) is 80.4 Å². The average molecular weight is 349 g/mol. The van der Waals surface area contributed by atoms with Crippen molar-refractivity contribution in [1.82, 2.24) is 4.98 Å². The van der Waals surface area contributed by atoms with E-state index in [2.05, 4.69) is 4.98 Å². The van der Waals surface area contributed by atoms with E-state index in [4.69, 9.17) is 9.52 Å². The quantitative estimate of drug-likeness (QED) is 0.740. The standard InChI is InChI=1S/C16H15NO4S2/c18-9-12-3-5-13(6-4-12)10-23(19,20)11-16-17-8-14(21-16)15-2-1-7-22-15/h1-8,18H,9-11H2. The van der Waals surface area contributed by atoms with Crippen molar-refractivity contribution in [1.29, 1.82) is 0 Å². The minimum atomic E-state index is -3.38. The zero-order valence-electron chi connectivity index (χ0n) is 12.2. The Kier molecular flexibility index (Phi) is 4.61. The van der Waals surface area contributed by atoms with Crippen LogP contribution in [0.4, 0.5) is 0 Å². The Labute approximate surface area is 138 Å². The van der Waals surface area contributed by atoms with E-state index < -0.39 is 9.84 Å². The largest absolute Gasteiger partial charge is 0.439 e. The van der Waals surface area contributed by atoms with Gasteiger partial charge in [0.05, 0.1) is 23.4 Å². The van der Waals surface area contributed by atoms with Crippen LogP contribution in [0.5, 0.6) is 0 Å². The SMILES string of the molecule is O=S(=O)(Cc1ccc(CO)cc1)Cc1ncc(-c2cccs2)o1. The molecule has 0 saturated heterocycles. The molecule has 23 heavy (non-hydrogen) atoms. The number of thiophene rings is 1. The van der Waals surface area contributed by atoms with Gasteiger partial charge in [0.1, 0.15) is 5.75 Å². The number of nitrogens with zero attached hydrogens (tertiary/aromatic N) is 1. The average Bonchev–Trinajstić information content (AvgIpc) is 3.18. The van der Waals surface area contributed by atoms with Crippen molar-refractivity contribution in [2.45, 2.75) is 18.1 Å². The third-order valence-corrected chi connectivity index (χ3v) is 5.60. The summed E-state index contributed by atoms with van der Waals surface area (Å²) in [4.78, 5) is 4.97. The Hall–Kier alpha value is -1.96. The van der Waals surface area contributed by atoms with Gasteiger partial charge in [-0.1, -0.05) is 30.3 Å². The number of aliphatic hydroxyl groups is 1. The summed E-state index contributed by atoms with van der Waals surface area (Å²) in [5.74, 6) is 0.452. The minimum Gasteiger partial charge on any atom is -0.439 e. The van der Waals surface area contributed by atoms with Crippen LogP contribution in [0.15, 0.2) is 52.4 Å². The lowest BCUT2D eigenvalue weighted by atomic mass is 10.2. The lowest BCUT2D eigenvalue weighted by Crippen LogP contribution is -2.08. The third-order valence-electron chi connectivity index (χ3n) is 3.25. The van der Waals surface area contributed by atoms with Crippen LogP contribution >= 0.6 is 11.3 Å². The van der Waals surface area contributed by atoms with Gasteiger partial charge in [-0.05, 0) is 22.6 Å². The molecule has 2 heterocycles. The molecule has 1 N–H and O–H groups in total. The highest BCUT2D eigenvalue weighted by Crippen LogP contribution is 2.26. The molecular weight excluding hydrogens is 334 g/mol. The van der Waals surface area contributed by atoms with E-state index in [1.807, 2.05) is 17.5 Å². The van der Waals surface area contributed by atoms with E-state index in [1.165, 1.54) is 11.3 Å². The van der Waals surface area contributed by atoms with Crippen LogP contribution in [-0.2, 0) is 27.9 Å². The zero-order valence-corrected chi connectivity index (χ0v) is 13.8. The van der Waals surface area contributed by atoms with Crippen LogP contribution in [-0.4, -0.2) is 18.5 Å². The summed E-state index contributed by atoms with van der Waals surface area (Å²) in [7, 11) is -3.38. The Bertz CT molecular complexity index is 865. The summed E-state index contributed by atoms with van der Waals surface area (Å²) in [5, 5.41) is 10.9. The Balaban J connectivity index is 1.70. The van der Waals surface area contributed by atoms with Gasteiger partial charge in [-0.25, -0.2) is 13.4 Å². The molecule has 1 aromatic carbocycles. The highest BCUT2D eigenvalue weighted by molar-refractivity contribution is 7.89. The van der Waals surface area contributed by atoms with Crippen LogP contribution in [0.1, 0.15) is 17.0 Å². The predicted molar refractivity (Wildman–Crippen MR) is 88.5 cm³/mol. The number of aliphatic hydroxyl groups excluding tert-OH is 1. The van der Waals surface area contributed by atoms with Crippen LogP contribution in [0.25, 0.3) is 10.6 Å². The lowest BCUT2D eigenvalue weighted by molar-refractivity contribution is 0.282. The van der Waals surface area contributed by atoms with E-state index in [0.717, 1.165) is 10.4 Å². The molecule has 7 heteroatoms. The van der Waals surface area contributed by atoms with Gasteiger partial charge < -0.3 is 9.52 Å². The summed E-state index contributed by atoms with van der Waals surface area (Å²) < 4.78 is 30.1. The number of rotatable bonds is 6. The molecule has 3 aromatic rings. The highest BCUT2D eigenvalue weighted by Gasteiger charge is 2.17. The van der Waals surface area contributed by atoms with Crippen LogP contribution in [0.2, 0.25) is 0 Å². The molecule has 0 amide bonds. The van der Waals surface area contributed by atoms with Crippen molar-refractivity contribution in [3.8, 4) is 10.6 Å². The van der Waals surface area contributed by atoms with Gasteiger partial charge in [-0.3, -0.25) is 0 Å². The van der Waals surface area contributed by atoms with E-state index in [-0.39, 0.29) is 24.0 Å². The summed E-state index contributed by atoms with van der Waals surface area (Å²) in [6, 6.07) is 10.6. The lowest BCUT2D eigenvalue weighted by Gasteiger charge is -2.03. The fourth-order valence-corrected chi connectivity index (χ4v) is 4.13. The molecular formula is C16H15NO4S2. The second-order valence-electron chi connectivity index (χ2n) is 5.10. The zero-order chi connectivity index (χ0) is 16.3. The van der Waals surface area contributed by atoms with Gasteiger partial charge in [0.25, 0.3) is 0 Å². The number of hydrogen-bond donors (Lipinski definition) is 1. The fraction of sp³-hybridized carbons (Fsp3) is 0.188. The summed E-state index contributed by atoms with van der Waals surface area (Å²) in [6.45, 7) is -0.0607. The van der Waals surface area contributed by atoms with Gasteiger partial charge in [-0.2, -0.15) is 0 Å². The first-order chi connectivity index (χ1) is 11.1. The molecule has 0 aliphatic heterocycles. The Morgan fingerprint density at radius 3 is 2.48 bits per heavy atom. The molecule has 5 nitrogen and oxygen atoms in total. The number of sulfone groups is 1. The summed E-state index contributed by atoms with van der Waals surface area (Å²) >= 11 is 1.51. The first-order valence-corrected chi connectivity index (χ1v) is 9.63. The first kappa shape index (κ1) is 15.9. The molecule has 0 unspecified atom stereocenters. The maximum absolute atomic E-state index is 12.3. The summed E-state index contributed by atoms with van der Waals surface area (Å²) in [6.07, 6.45) is 1.55. The van der Waals surface area contributed by atoms with Crippen molar-refractivity contribution in [3.63, 3.8) is 0 Å². The van der Waals surface area contributed by atoms with E-state index in [1.54, 1.807) is 30.5 Å². The van der Waals surface area contributed by atoms with Crippen LogP contribution in [0.3, 0.4) is 0 Å². The van der Waals surface area contributed by atoms with Crippen LogP contribution in [0, 0.1) is 0 Å². The number of oxazole rings is 1. The Morgan fingerprint density at radius 2 is 1.83 bits per heavy atom. The van der Waals surface area contributed by atoms with Crippen molar-refractivity contribution >= 4 is 21.2 Å². The molecule has 2 aromatic heterocycles. The number of aromatic nitrogens is 1. The van der Waals surface area contributed by atoms with Gasteiger partial charge >= 0.3 is 0 Å². The summed E-state index contributed by atoms with van der Waals surface area (Å²) in [5.41, 5.74) is 1.42. The predicted octanol–water partition coefficient (Wildman–Crippen LogP) is 3.01. The molecule has 0 aliphatic carbocycles. The normalized spacial score (nSPS) is 11.7. The molecule has 0 fully saturated rings. The van der Waals surface area contributed by atoms with Crippen LogP contribution < -0.4 is 0 Å². The first-order valence-electron chi connectivity index (χ1n) is 6.93. The molecule has 0 bridgehead atoms. The van der Waals surface area contributed by atoms with Crippen molar-refractivity contribution in [2.24, 2.45) is 0 Å². The van der Waals surface area contributed by atoms with Crippen molar-refractivity contribution in [2.75, 3.05) is 0 Å². The Morgan fingerprint density at radius 1 is 1.09 bits per heavy atom. The van der Waals surface area contributed by atoms with Gasteiger partial charge in [0.15, 0.2) is 15.6 Å². The third kappa shape index (κ3) is 4.07. The monoisotopic (exact) mass is 349 g/mol. The van der Waals surface area contributed by atoms with E-state index in [9.17, 15) is 8.42 Å². The molecule has 0 radical (unpaired) electrons. The molecule has 120 valence electrons. The van der Waals surface area contributed by atoms with E-state index in [0.29, 0.717) is 11.3 Å². The van der Waals surface area contributed by atoms with Gasteiger partial charge in [0.2, 0.25) is 5.89 Å². The number of hydrogen-bond acceptors (Lipinski definition) is 6. The molecule has 3 rings (SSSR count). The maximum atomic E-state index is 12.3. The highest BCUT2D eigenvalue weighted by atomic mass is 32.2. The van der Waals surface area contributed by atoms with Crippen molar-refractivity contribution < 1.29 is 17.9 Å². The minimum absolute atomic E-state index is 0.0607. The smallest absolute Gasteiger partial charge is 0.210 e. The van der Waals surface area contributed by atoms with Gasteiger partial charge in [0, 0.05) is 0 Å². The van der Waals surface area contributed by atoms with E-state index >= 15 is 0 Å². The second-order valence-corrected chi connectivity index (χ2v) is 8.11. The molecule has 0 aliphatic rings. The van der Waals surface area contributed by atoms with Crippen molar-refractivity contribution in [3.05, 3.63) is 65.0 Å². The molecule has 0 spiro atoms. The maximum Gasteiger partial charge on any atom is 0.210 e.